The number of amides is 2. The average molecular weight is 440 g/mol. The molecular formula is C23H33N7O2. The highest BCUT2D eigenvalue weighted by Gasteiger charge is 2.15. The summed E-state index contributed by atoms with van der Waals surface area (Å²) in [5.41, 5.74) is 10.6. The quantitative estimate of drug-likeness (QED) is 0.417. The van der Waals surface area contributed by atoms with E-state index in [2.05, 4.69) is 25.2 Å². The predicted molar refractivity (Wildman–Crippen MR) is 129 cm³/mol. The molecule has 172 valence electrons. The average Bonchev–Trinajstić information content (AvgIpc) is 3.14. The summed E-state index contributed by atoms with van der Waals surface area (Å²) < 4.78 is 7.75. The van der Waals surface area contributed by atoms with Crippen LogP contribution < -0.4 is 21.3 Å². The number of benzene rings is 1. The molecule has 0 unspecified atom stereocenters. The number of rotatable bonds is 10. The van der Waals surface area contributed by atoms with E-state index in [-0.39, 0.29) is 6.03 Å². The number of nitrogens with two attached hydrogens (primary N) is 1. The first-order valence-corrected chi connectivity index (χ1v) is 10.9. The number of nitrogens with zero attached hydrogens (tertiary/aromatic N) is 4. The Labute approximate surface area is 189 Å². The highest BCUT2D eigenvalue weighted by molar-refractivity contribution is 5.89. The van der Waals surface area contributed by atoms with Crippen molar-refractivity contribution in [2.24, 2.45) is 0 Å². The van der Waals surface area contributed by atoms with Crippen molar-refractivity contribution in [3.63, 3.8) is 0 Å². The van der Waals surface area contributed by atoms with Gasteiger partial charge in [0.2, 0.25) is 0 Å². The molecule has 0 aliphatic rings. The monoisotopic (exact) mass is 439 g/mol. The number of aryl methyl sites for hydroxylation is 2. The van der Waals surface area contributed by atoms with Gasteiger partial charge in [-0.2, -0.15) is 0 Å². The molecule has 0 spiro atoms. The Balaban J connectivity index is 1.53. The minimum Gasteiger partial charge on any atom is -0.382 e. The number of pyridine rings is 1. The SMILES string of the molecule is CCOCc1nc2c(N)ncc(C)c2n1CCCCNC(=O)Nc1ccc(N(C)C)cc1. The Morgan fingerprint density at radius 1 is 1.22 bits per heavy atom. The standard InChI is InChI=1S/C23H33N7O2/c1-5-32-15-19-28-20-21(16(2)14-26-22(20)24)30(19)13-7-6-12-25-23(31)27-17-8-10-18(11-9-17)29(3)4/h8-11,14H,5-7,12-13,15H2,1-4H3,(H2,24,26)(H2,25,27,31). The molecule has 9 nitrogen and oxygen atoms in total. The third-order valence-electron chi connectivity index (χ3n) is 5.23. The summed E-state index contributed by atoms with van der Waals surface area (Å²) in [5.74, 6) is 1.27. The lowest BCUT2D eigenvalue weighted by Gasteiger charge is -2.13. The zero-order chi connectivity index (χ0) is 23.1. The predicted octanol–water partition coefficient (Wildman–Crippen LogP) is 3.53. The minimum atomic E-state index is -0.206. The number of hydrogen-bond donors (Lipinski definition) is 3. The molecule has 2 amide bonds. The third kappa shape index (κ3) is 5.67. The van der Waals surface area contributed by atoms with Gasteiger partial charge in [-0.25, -0.2) is 14.8 Å². The largest absolute Gasteiger partial charge is 0.382 e. The highest BCUT2D eigenvalue weighted by Crippen LogP contribution is 2.24. The van der Waals surface area contributed by atoms with Crippen LogP contribution in [0.2, 0.25) is 0 Å². The fraction of sp³-hybridized carbons (Fsp3) is 0.435. The second-order valence-electron chi connectivity index (χ2n) is 7.87. The fourth-order valence-corrected chi connectivity index (χ4v) is 3.53. The van der Waals surface area contributed by atoms with Gasteiger partial charge in [-0.1, -0.05) is 0 Å². The number of ether oxygens (including phenoxy) is 1. The van der Waals surface area contributed by atoms with E-state index in [1.165, 1.54) is 0 Å². The molecule has 2 aromatic heterocycles. The number of unbranched alkanes of at least 4 members (excludes halogenated alkanes) is 1. The maximum atomic E-state index is 12.2. The number of nitrogen functional groups attached to an aromatic ring is 1. The Kier molecular flexibility index (Phi) is 7.88. The zero-order valence-corrected chi connectivity index (χ0v) is 19.3. The van der Waals surface area contributed by atoms with E-state index in [1.807, 2.05) is 57.1 Å². The van der Waals surface area contributed by atoms with Crippen LogP contribution in [0.4, 0.5) is 22.0 Å². The molecular weight excluding hydrogens is 406 g/mol. The molecule has 2 heterocycles. The maximum Gasteiger partial charge on any atom is 0.319 e. The Morgan fingerprint density at radius 3 is 2.66 bits per heavy atom. The van der Waals surface area contributed by atoms with E-state index in [0.717, 1.165) is 53.2 Å². The topological polar surface area (TPSA) is 110 Å². The van der Waals surface area contributed by atoms with Gasteiger partial charge >= 0.3 is 6.03 Å². The van der Waals surface area contributed by atoms with Gasteiger partial charge in [0.05, 0.1) is 5.52 Å². The molecule has 0 bridgehead atoms. The van der Waals surface area contributed by atoms with Crippen LogP contribution in [0, 0.1) is 6.92 Å². The van der Waals surface area contributed by atoms with E-state index < -0.39 is 0 Å². The summed E-state index contributed by atoms with van der Waals surface area (Å²) in [6.07, 6.45) is 3.49. The molecule has 4 N–H and O–H groups in total. The summed E-state index contributed by atoms with van der Waals surface area (Å²) in [4.78, 5) is 23.1. The van der Waals surface area contributed by atoms with Gasteiger partial charge in [0.25, 0.3) is 0 Å². The van der Waals surface area contributed by atoms with Gasteiger partial charge in [0.15, 0.2) is 5.82 Å². The van der Waals surface area contributed by atoms with Crippen LogP contribution in [0.1, 0.15) is 31.2 Å². The molecule has 0 saturated carbocycles. The van der Waals surface area contributed by atoms with Gasteiger partial charge in [-0.05, 0) is 56.5 Å². The van der Waals surface area contributed by atoms with Crippen LogP contribution in [0.15, 0.2) is 30.5 Å². The van der Waals surface area contributed by atoms with Crippen molar-refractivity contribution < 1.29 is 9.53 Å². The van der Waals surface area contributed by atoms with Crippen LogP contribution in [0.3, 0.4) is 0 Å². The van der Waals surface area contributed by atoms with Crippen LogP contribution in [0.25, 0.3) is 11.0 Å². The van der Waals surface area contributed by atoms with Crippen molar-refractivity contribution in [2.75, 3.05) is 43.2 Å². The van der Waals surface area contributed by atoms with Crippen LogP contribution in [-0.4, -0.2) is 47.8 Å². The molecule has 0 radical (unpaired) electrons. The van der Waals surface area contributed by atoms with E-state index in [9.17, 15) is 4.79 Å². The molecule has 0 saturated heterocycles. The van der Waals surface area contributed by atoms with Crippen LogP contribution in [0.5, 0.6) is 0 Å². The molecule has 32 heavy (non-hydrogen) atoms. The number of anilines is 3. The first kappa shape index (κ1) is 23.3. The second kappa shape index (κ2) is 10.8. The molecule has 3 rings (SSSR count). The number of fused-ring (bicyclic) bond motifs is 1. The van der Waals surface area contributed by atoms with Crippen molar-refractivity contribution in [3.05, 3.63) is 41.9 Å². The number of imidazole rings is 1. The lowest BCUT2D eigenvalue weighted by Crippen LogP contribution is -2.29. The van der Waals surface area contributed by atoms with Crippen LogP contribution >= 0.6 is 0 Å². The number of hydrogen-bond acceptors (Lipinski definition) is 6. The molecule has 9 heteroatoms. The summed E-state index contributed by atoms with van der Waals surface area (Å²) in [6.45, 7) is 6.36. The minimum absolute atomic E-state index is 0.206. The Morgan fingerprint density at radius 2 is 1.97 bits per heavy atom. The summed E-state index contributed by atoms with van der Waals surface area (Å²) in [7, 11) is 3.96. The molecule has 0 atom stereocenters. The van der Waals surface area contributed by atoms with E-state index in [4.69, 9.17) is 10.5 Å². The molecule has 0 fully saturated rings. The summed E-state index contributed by atoms with van der Waals surface area (Å²) in [6, 6.07) is 7.51. The van der Waals surface area contributed by atoms with Gasteiger partial charge in [0.1, 0.15) is 17.9 Å². The normalized spacial score (nSPS) is 11.0. The van der Waals surface area contributed by atoms with Crippen molar-refractivity contribution in [1.82, 2.24) is 19.9 Å². The smallest absolute Gasteiger partial charge is 0.319 e. The summed E-state index contributed by atoms with van der Waals surface area (Å²) >= 11 is 0. The number of aromatic nitrogens is 3. The van der Waals surface area contributed by atoms with E-state index in [0.29, 0.717) is 25.6 Å². The van der Waals surface area contributed by atoms with Crippen molar-refractivity contribution >= 4 is 34.3 Å². The van der Waals surface area contributed by atoms with Crippen molar-refractivity contribution in [3.8, 4) is 0 Å². The number of nitrogens with one attached hydrogen (secondary N) is 2. The maximum absolute atomic E-state index is 12.2. The first-order valence-electron chi connectivity index (χ1n) is 10.9. The Hall–Kier alpha value is -3.33. The Bertz CT molecular complexity index is 1040. The fourth-order valence-electron chi connectivity index (χ4n) is 3.53. The lowest BCUT2D eigenvalue weighted by atomic mass is 10.2. The van der Waals surface area contributed by atoms with E-state index >= 15 is 0 Å². The second-order valence-corrected chi connectivity index (χ2v) is 7.87. The van der Waals surface area contributed by atoms with E-state index in [1.54, 1.807) is 6.20 Å². The zero-order valence-electron chi connectivity index (χ0n) is 19.3. The number of carbonyl (C=O) groups excluding carboxylic acids is 1. The van der Waals surface area contributed by atoms with Gasteiger partial charge in [-0.15, -0.1) is 0 Å². The first-order chi connectivity index (χ1) is 15.4. The van der Waals surface area contributed by atoms with Gasteiger partial charge < -0.3 is 30.6 Å². The molecule has 3 aromatic rings. The number of carbonyl (C=O) groups is 1. The van der Waals surface area contributed by atoms with Gasteiger partial charge in [-0.3, -0.25) is 0 Å². The van der Waals surface area contributed by atoms with Crippen molar-refractivity contribution in [1.29, 1.82) is 0 Å². The third-order valence-corrected chi connectivity index (χ3v) is 5.23. The molecule has 0 aliphatic carbocycles. The molecule has 0 aliphatic heterocycles. The van der Waals surface area contributed by atoms with Crippen LogP contribution in [-0.2, 0) is 17.9 Å². The van der Waals surface area contributed by atoms with Crippen molar-refractivity contribution in [2.45, 2.75) is 39.8 Å². The summed E-state index contributed by atoms with van der Waals surface area (Å²) in [5, 5.41) is 5.78. The molecule has 1 aromatic carbocycles. The van der Waals surface area contributed by atoms with Gasteiger partial charge in [0, 0.05) is 51.4 Å². The lowest BCUT2D eigenvalue weighted by molar-refractivity contribution is 0.126. The number of urea groups is 1. The highest BCUT2D eigenvalue weighted by atomic mass is 16.5.